The minimum Gasteiger partial charge on any atom is -0.352 e. The third kappa shape index (κ3) is 4.16. The lowest BCUT2D eigenvalue weighted by atomic mass is 10.4. The Kier molecular flexibility index (Phi) is 5.16. The molecule has 0 aliphatic heterocycles. The van der Waals surface area contributed by atoms with E-state index >= 15 is 0 Å². The third-order valence-corrected chi connectivity index (χ3v) is 4.48. The highest BCUT2D eigenvalue weighted by atomic mass is 32.2. The SMILES string of the molecule is CCCNCc1cc(S(=O)(=O)NCc2ncc[nH]2)cn1C. The standard InChI is InChI=1S/C13H21N5O2S/c1-3-4-14-8-11-7-12(10-18(11)2)21(19,20)17-9-13-15-5-6-16-13/h5-7,10,14,17H,3-4,8-9H2,1-2H3,(H,15,16). The zero-order chi connectivity index (χ0) is 15.3. The molecule has 7 nitrogen and oxygen atoms in total. The zero-order valence-corrected chi connectivity index (χ0v) is 13.1. The van der Waals surface area contributed by atoms with Gasteiger partial charge in [-0.15, -0.1) is 0 Å². The summed E-state index contributed by atoms with van der Waals surface area (Å²) in [6.45, 7) is 3.79. The van der Waals surface area contributed by atoms with E-state index in [0.717, 1.165) is 18.7 Å². The summed E-state index contributed by atoms with van der Waals surface area (Å²) in [7, 11) is -1.69. The molecule has 2 rings (SSSR count). The van der Waals surface area contributed by atoms with Crippen molar-refractivity contribution in [2.45, 2.75) is 31.3 Å². The van der Waals surface area contributed by atoms with Gasteiger partial charge in [-0.3, -0.25) is 0 Å². The fraction of sp³-hybridized carbons (Fsp3) is 0.462. The quantitative estimate of drug-likeness (QED) is 0.627. The van der Waals surface area contributed by atoms with Crippen LogP contribution in [0.1, 0.15) is 24.9 Å². The van der Waals surface area contributed by atoms with Crippen molar-refractivity contribution >= 4 is 10.0 Å². The zero-order valence-electron chi connectivity index (χ0n) is 12.3. The average Bonchev–Trinajstić information content (AvgIpc) is 3.07. The van der Waals surface area contributed by atoms with E-state index in [0.29, 0.717) is 12.4 Å². The minimum atomic E-state index is -3.53. The number of sulfonamides is 1. The Labute approximate surface area is 124 Å². The van der Waals surface area contributed by atoms with Crippen LogP contribution in [0.15, 0.2) is 29.6 Å². The van der Waals surface area contributed by atoms with Crippen molar-refractivity contribution in [1.29, 1.82) is 0 Å². The Morgan fingerprint density at radius 3 is 2.86 bits per heavy atom. The van der Waals surface area contributed by atoms with Crippen LogP contribution in [0.3, 0.4) is 0 Å². The molecule has 0 aliphatic carbocycles. The Morgan fingerprint density at radius 2 is 2.19 bits per heavy atom. The van der Waals surface area contributed by atoms with Crippen LogP contribution in [0.5, 0.6) is 0 Å². The van der Waals surface area contributed by atoms with Gasteiger partial charge in [-0.05, 0) is 19.0 Å². The Morgan fingerprint density at radius 1 is 1.38 bits per heavy atom. The van der Waals surface area contributed by atoms with Gasteiger partial charge >= 0.3 is 0 Å². The van der Waals surface area contributed by atoms with Gasteiger partial charge in [0.2, 0.25) is 10.0 Å². The topological polar surface area (TPSA) is 91.8 Å². The predicted molar refractivity (Wildman–Crippen MR) is 80.0 cm³/mol. The second-order valence-corrected chi connectivity index (χ2v) is 6.58. The van der Waals surface area contributed by atoms with E-state index in [2.05, 4.69) is 26.9 Å². The van der Waals surface area contributed by atoms with Crippen molar-refractivity contribution in [3.63, 3.8) is 0 Å². The lowest BCUT2D eigenvalue weighted by molar-refractivity contribution is 0.579. The molecule has 0 bridgehead atoms. The maximum atomic E-state index is 12.2. The molecule has 8 heteroatoms. The van der Waals surface area contributed by atoms with Crippen LogP contribution in [-0.2, 0) is 30.2 Å². The van der Waals surface area contributed by atoms with Gasteiger partial charge in [-0.2, -0.15) is 0 Å². The summed E-state index contributed by atoms with van der Waals surface area (Å²) in [5, 5.41) is 3.26. The van der Waals surface area contributed by atoms with E-state index in [1.807, 2.05) is 11.6 Å². The summed E-state index contributed by atoms with van der Waals surface area (Å²) in [6, 6.07) is 1.69. The van der Waals surface area contributed by atoms with Crippen LogP contribution in [0, 0.1) is 0 Å². The monoisotopic (exact) mass is 311 g/mol. The first-order chi connectivity index (χ1) is 10.0. The summed E-state index contributed by atoms with van der Waals surface area (Å²) in [5.74, 6) is 0.583. The lowest BCUT2D eigenvalue weighted by Gasteiger charge is -2.03. The number of H-pyrrole nitrogens is 1. The van der Waals surface area contributed by atoms with Crippen LogP contribution in [0.4, 0.5) is 0 Å². The second-order valence-electron chi connectivity index (χ2n) is 4.82. The molecule has 0 amide bonds. The van der Waals surface area contributed by atoms with Crippen LogP contribution in [0.25, 0.3) is 0 Å². The van der Waals surface area contributed by atoms with Gasteiger partial charge in [0, 0.05) is 37.9 Å². The highest BCUT2D eigenvalue weighted by molar-refractivity contribution is 7.89. The third-order valence-electron chi connectivity index (χ3n) is 3.11. The number of aryl methyl sites for hydroxylation is 1. The minimum absolute atomic E-state index is 0.146. The molecule has 116 valence electrons. The molecule has 0 saturated heterocycles. The van der Waals surface area contributed by atoms with Crippen LogP contribution in [-0.4, -0.2) is 29.5 Å². The molecule has 0 aliphatic rings. The molecule has 0 spiro atoms. The van der Waals surface area contributed by atoms with Gasteiger partial charge in [0.1, 0.15) is 5.82 Å². The van der Waals surface area contributed by atoms with Gasteiger partial charge in [0.25, 0.3) is 0 Å². The number of nitrogens with zero attached hydrogens (tertiary/aromatic N) is 2. The van der Waals surface area contributed by atoms with Crippen LogP contribution < -0.4 is 10.0 Å². The molecule has 0 aromatic carbocycles. The predicted octanol–water partition coefficient (Wildman–Crippen LogP) is 0.726. The molecule has 2 aromatic heterocycles. The number of imidazole rings is 1. The average molecular weight is 311 g/mol. The van der Waals surface area contributed by atoms with Crippen molar-refractivity contribution in [2.24, 2.45) is 7.05 Å². The number of hydrogen-bond donors (Lipinski definition) is 3. The first kappa shape index (κ1) is 15.7. The van der Waals surface area contributed by atoms with Crippen molar-refractivity contribution in [2.75, 3.05) is 6.54 Å². The Bertz CT molecular complexity index is 661. The molecule has 21 heavy (non-hydrogen) atoms. The normalized spacial score (nSPS) is 11.9. The van der Waals surface area contributed by atoms with E-state index < -0.39 is 10.0 Å². The fourth-order valence-electron chi connectivity index (χ4n) is 1.93. The number of hydrogen-bond acceptors (Lipinski definition) is 4. The molecule has 0 atom stereocenters. The van der Waals surface area contributed by atoms with Crippen LogP contribution in [0.2, 0.25) is 0 Å². The van der Waals surface area contributed by atoms with E-state index in [1.54, 1.807) is 24.7 Å². The summed E-state index contributed by atoms with van der Waals surface area (Å²) < 4.78 is 28.8. The summed E-state index contributed by atoms with van der Waals surface area (Å²) in [5.41, 5.74) is 0.932. The fourth-order valence-corrected chi connectivity index (χ4v) is 3.02. The van der Waals surface area contributed by atoms with Crippen molar-refractivity contribution in [3.05, 3.63) is 36.2 Å². The highest BCUT2D eigenvalue weighted by Crippen LogP contribution is 2.13. The molecular formula is C13H21N5O2S. The smallest absolute Gasteiger partial charge is 0.242 e. The van der Waals surface area contributed by atoms with Gasteiger partial charge in [-0.25, -0.2) is 18.1 Å². The Hall–Kier alpha value is -1.64. The second kappa shape index (κ2) is 6.88. The van der Waals surface area contributed by atoms with Crippen molar-refractivity contribution < 1.29 is 8.42 Å². The van der Waals surface area contributed by atoms with Gasteiger partial charge < -0.3 is 14.9 Å². The largest absolute Gasteiger partial charge is 0.352 e. The maximum absolute atomic E-state index is 12.2. The van der Waals surface area contributed by atoms with Crippen molar-refractivity contribution in [1.82, 2.24) is 24.6 Å². The van der Waals surface area contributed by atoms with E-state index in [-0.39, 0.29) is 11.4 Å². The molecule has 2 aromatic rings. The van der Waals surface area contributed by atoms with Gasteiger partial charge in [0.05, 0.1) is 11.4 Å². The Balaban J connectivity index is 2.04. The molecular weight excluding hydrogens is 290 g/mol. The molecule has 2 heterocycles. The summed E-state index contributed by atoms with van der Waals surface area (Å²) in [4.78, 5) is 7.12. The summed E-state index contributed by atoms with van der Waals surface area (Å²) in [6.07, 6.45) is 5.90. The van der Waals surface area contributed by atoms with Gasteiger partial charge in [0.15, 0.2) is 0 Å². The first-order valence-corrected chi connectivity index (χ1v) is 8.35. The highest BCUT2D eigenvalue weighted by Gasteiger charge is 2.17. The number of nitrogens with one attached hydrogen (secondary N) is 3. The molecule has 0 radical (unpaired) electrons. The molecule has 3 N–H and O–H groups in total. The molecule has 0 fully saturated rings. The molecule has 0 saturated carbocycles. The molecule has 0 unspecified atom stereocenters. The number of aromatic nitrogens is 3. The van der Waals surface area contributed by atoms with E-state index in [9.17, 15) is 8.42 Å². The lowest BCUT2D eigenvalue weighted by Crippen LogP contribution is -2.23. The number of aromatic amines is 1. The maximum Gasteiger partial charge on any atom is 0.242 e. The van der Waals surface area contributed by atoms with Crippen LogP contribution >= 0.6 is 0 Å². The van der Waals surface area contributed by atoms with Gasteiger partial charge in [-0.1, -0.05) is 6.92 Å². The summed E-state index contributed by atoms with van der Waals surface area (Å²) >= 11 is 0. The first-order valence-electron chi connectivity index (χ1n) is 6.87. The number of rotatable bonds is 8. The van der Waals surface area contributed by atoms with E-state index in [4.69, 9.17) is 0 Å². The van der Waals surface area contributed by atoms with Crippen molar-refractivity contribution in [3.8, 4) is 0 Å². The van der Waals surface area contributed by atoms with E-state index in [1.165, 1.54) is 0 Å².